The van der Waals surface area contributed by atoms with Gasteiger partial charge in [0.25, 0.3) is 5.91 Å². The molecule has 22 heavy (non-hydrogen) atoms. The number of nitrogens with one attached hydrogen (secondary N) is 2. The van der Waals surface area contributed by atoms with Gasteiger partial charge >= 0.3 is 12.1 Å². The number of alkyl halides is 3. The number of esters is 1. The van der Waals surface area contributed by atoms with Crippen molar-refractivity contribution in [3.8, 4) is 0 Å². The van der Waals surface area contributed by atoms with E-state index in [1.54, 1.807) is 0 Å². The number of halogens is 3. The summed E-state index contributed by atoms with van der Waals surface area (Å²) in [5.41, 5.74) is -0.674. The first-order chi connectivity index (χ1) is 10.3. The van der Waals surface area contributed by atoms with Gasteiger partial charge in [0.05, 0.1) is 12.7 Å². The minimum Gasteiger partial charge on any atom is -0.468 e. The van der Waals surface area contributed by atoms with Crippen LogP contribution in [-0.2, 0) is 15.7 Å². The van der Waals surface area contributed by atoms with E-state index in [9.17, 15) is 22.8 Å². The van der Waals surface area contributed by atoms with Crippen LogP contribution in [0, 0.1) is 0 Å². The molecule has 0 aromatic heterocycles. The summed E-state index contributed by atoms with van der Waals surface area (Å²) in [4.78, 5) is 23.3. The maximum atomic E-state index is 12.4. The fourth-order valence-electron chi connectivity index (χ4n) is 2.25. The summed E-state index contributed by atoms with van der Waals surface area (Å²) in [5.74, 6) is -0.891. The van der Waals surface area contributed by atoms with Crippen LogP contribution in [-0.4, -0.2) is 37.6 Å². The number of rotatable bonds is 3. The summed E-state index contributed by atoms with van der Waals surface area (Å²) in [6, 6.07) is 3.20. The van der Waals surface area contributed by atoms with E-state index in [1.807, 2.05) is 0 Å². The summed E-state index contributed by atoms with van der Waals surface area (Å²) in [6.45, 7) is 0.395. The van der Waals surface area contributed by atoms with Gasteiger partial charge in [0.15, 0.2) is 0 Å². The molecule has 0 aliphatic carbocycles. The number of methoxy groups -OCH3 is 1. The minimum absolute atomic E-state index is 0.134. The Bertz CT molecular complexity index is 557. The van der Waals surface area contributed by atoms with E-state index in [4.69, 9.17) is 0 Å². The highest BCUT2D eigenvalue weighted by Gasteiger charge is 2.32. The van der Waals surface area contributed by atoms with E-state index in [-0.39, 0.29) is 11.6 Å². The molecule has 120 valence electrons. The van der Waals surface area contributed by atoms with Gasteiger partial charge in [-0.3, -0.25) is 9.59 Å². The Kier molecular flexibility index (Phi) is 4.70. The van der Waals surface area contributed by atoms with Crippen LogP contribution < -0.4 is 10.6 Å². The number of ether oxygens (including phenoxy) is 1. The number of benzene rings is 1. The van der Waals surface area contributed by atoms with E-state index < -0.39 is 29.7 Å². The highest BCUT2D eigenvalue weighted by atomic mass is 19.4. The Morgan fingerprint density at radius 1 is 1.27 bits per heavy atom. The second-order valence-electron chi connectivity index (χ2n) is 4.97. The summed E-state index contributed by atoms with van der Waals surface area (Å²) < 4.78 is 41.9. The molecule has 2 atom stereocenters. The van der Waals surface area contributed by atoms with Crippen molar-refractivity contribution in [1.82, 2.24) is 10.6 Å². The van der Waals surface area contributed by atoms with E-state index >= 15 is 0 Å². The van der Waals surface area contributed by atoms with Crippen LogP contribution in [0.1, 0.15) is 22.3 Å². The number of amides is 1. The molecular weight excluding hydrogens is 301 g/mol. The highest BCUT2D eigenvalue weighted by Crippen LogP contribution is 2.29. The largest absolute Gasteiger partial charge is 0.468 e. The maximum Gasteiger partial charge on any atom is 0.416 e. The van der Waals surface area contributed by atoms with E-state index in [0.717, 1.165) is 24.3 Å². The van der Waals surface area contributed by atoms with Gasteiger partial charge in [0.1, 0.15) is 6.04 Å². The average molecular weight is 316 g/mol. The summed E-state index contributed by atoms with van der Waals surface area (Å²) in [5, 5.41) is 5.58. The van der Waals surface area contributed by atoms with Crippen molar-refractivity contribution < 1.29 is 27.5 Å². The first kappa shape index (κ1) is 16.3. The van der Waals surface area contributed by atoms with Gasteiger partial charge in [0, 0.05) is 18.2 Å². The number of hydrogen-bond acceptors (Lipinski definition) is 4. The molecule has 0 saturated carbocycles. The van der Waals surface area contributed by atoms with Crippen LogP contribution in [0.3, 0.4) is 0 Å². The molecular formula is C14H15F3N2O3. The molecule has 0 radical (unpaired) electrons. The quantitative estimate of drug-likeness (QED) is 0.826. The Labute approximate surface area is 124 Å². The lowest BCUT2D eigenvalue weighted by atomic mass is 10.1. The molecule has 0 unspecified atom stereocenters. The molecule has 1 fully saturated rings. The van der Waals surface area contributed by atoms with Crippen LogP contribution in [0.25, 0.3) is 0 Å². The lowest BCUT2D eigenvalue weighted by Gasteiger charge is -2.12. The minimum atomic E-state index is -4.43. The van der Waals surface area contributed by atoms with Crippen molar-refractivity contribution in [3.63, 3.8) is 0 Å². The van der Waals surface area contributed by atoms with E-state index in [1.165, 1.54) is 7.11 Å². The maximum absolute atomic E-state index is 12.4. The molecule has 1 aromatic carbocycles. The first-order valence-electron chi connectivity index (χ1n) is 6.60. The van der Waals surface area contributed by atoms with Gasteiger partial charge < -0.3 is 15.4 Å². The van der Waals surface area contributed by atoms with Crippen molar-refractivity contribution in [2.24, 2.45) is 0 Å². The van der Waals surface area contributed by atoms with E-state index in [2.05, 4.69) is 15.4 Å². The lowest BCUT2D eigenvalue weighted by Crippen LogP contribution is -2.36. The molecule has 1 amide bonds. The Hall–Kier alpha value is -2.09. The fraction of sp³-hybridized carbons (Fsp3) is 0.429. The van der Waals surface area contributed by atoms with Gasteiger partial charge in [-0.1, -0.05) is 0 Å². The molecule has 1 heterocycles. The van der Waals surface area contributed by atoms with Crippen LogP contribution in [0.5, 0.6) is 0 Å². The monoisotopic (exact) mass is 316 g/mol. The van der Waals surface area contributed by atoms with Crippen molar-refractivity contribution in [2.45, 2.75) is 24.7 Å². The first-order valence-corrected chi connectivity index (χ1v) is 6.60. The summed E-state index contributed by atoms with van der Waals surface area (Å²) in [6.07, 6.45) is -4.06. The molecule has 0 bridgehead atoms. The number of carbonyl (C=O) groups is 2. The zero-order chi connectivity index (χ0) is 16.3. The molecule has 1 saturated heterocycles. The molecule has 2 N–H and O–H groups in total. The van der Waals surface area contributed by atoms with Gasteiger partial charge in [-0.15, -0.1) is 0 Å². The Morgan fingerprint density at radius 3 is 2.45 bits per heavy atom. The second kappa shape index (κ2) is 6.35. The fourth-order valence-corrected chi connectivity index (χ4v) is 2.25. The van der Waals surface area contributed by atoms with Crippen molar-refractivity contribution in [3.05, 3.63) is 35.4 Å². The average Bonchev–Trinajstić information content (AvgIpc) is 2.94. The topological polar surface area (TPSA) is 67.4 Å². The van der Waals surface area contributed by atoms with Crippen LogP contribution in [0.2, 0.25) is 0 Å². The normalized spacial score (nSPS) is 21.5. The van der Waals surface area contributed by atoms with Crippen molar-refractivity contribution in [2.75, 3.05) is 13.7 Å². The van der Waals surface area contributed by atoms with E-state index in [0.29, 0.717) is 13.0 Å². The van der Waals surface area contributed by atoms with Gasteiger partial charge in [0.2, 0.25) is 0 Å². The Morgan fingerprint density at radius 2 is 1.91 bits per heavy atom. The number of carbonyl (C=O) groups excluding carboxylic acids is 2. The third-order valence-corrected chi connectivity index (χ3v) is 3.43. The molecule has 0 spiro atoms. The molecule has 1 aliphatic heterocycles. The smallest absolute Gasteiger partial charge is 0.416 e. The Balaban J connectivity index is 1.94. The predicted molar refractivity (Wildman–Crippen MR) is 71.1 cm³/mol. The zero-order valence-electron chi connectivity index (χ0n) is 11.7. The molecule has 8 heteroatoms. The number of hydrogen-bond donors (Lipinski definition) is 2. The third-order valence-electron chi connectivity index (χ3n) is 3.43. The molecule has 2 rings (SSSR count). The SMILES string of the molecule is COC(=O)[C@@H]1C[C@H](NC(=O)c2ccc(C(F)(F)F)cc2)CN1. The van der Waals surface area contributed by atoms with Crippen LogP contribution in [0.4, 0.5) is 13.2 Å². The third kappa shape index (κ3) is 3.76. The highest BCUT2D eigenvalue weighted by molar-refractivity contribution is 5.94. The molecule has 1 aromatic rings. The van der Waals surface area contributed by atoms with Crippen LogP contribution in [0.15, 0.2) is 24.3 Å². The molecule has 1 aliphatic rings. The summed E-state index contributed by atoms with van der Waals surface area (Å²) >= 11 is 0. The van der Waals surface area contributed by atoms with Crippen molar-refractivity contribution in [1.29, 1.82) is 0 Å². The summed E-state index contributed by atoms with van der Waals surface area (Å²) in [7, 11) is 1.28. The van der Waals surface area contributed by atoms with Gasteiger partial charge in [-0.05, 0) is 30.7 Å². The predicted octanol–water partition coefficient (Wildman–Crippen LogP) is 1.34. The second-order valence-corrected chi connectivity index (χ2v) is 4.97. The lowest BCUT2D eigenvalue weighted by molar-refractivity contribution is -0.142. The standard InChI is InChI=1S/C14H15F3N2O3/c1-22-13(21)11-6-10(7-18-11)19-12(20)8-2-4-9(5-3-8)14(15,16)17/h2-5,10-11,18H,6-7H2,1H3,(H,19,20)/t10-,11-/m0/s1. The van der Waals surface area contributed by atoms with Crippen LogP contribution >= 0.6 is 0 Å². The van der Waals surface area contributed by atoms with Crippen molar-refractivity contribution >= 4 is 11.9 Å². The molecule has 5 nitrogen and oxygen atoms in total. The van der Waals surface area contributed by atoms with Gasteiger partial charge in [-0.2, -0.15) is 13.2 Å². The van der Waals surface area contributed by atoms with Gasteiger partial charge in [-0.25, -0.2) is 0 Å². The zero-order valence-corrected chi connectivity index (χ0v) is 11.7.